The van der Waals surface area contributed by atoms with Crippen LogP contribution >= 0.6 is 0 Å². The molecule has 2 aromatic rings. The van der Waals surface area contributed by atoms with Gasteiger partial charge in [0.05, 0.1) is 5.56 Å². The maximum atomic E-state index is 13.3. The fourth-order valence-electron chi connectivity index (χ4n) is 1.91. The maximum Gasteiger partial charge on any atom is 0.231 e. The van der Waals surface area contributed by atoms with Crippen LogP contribution in [0.3, 0.4) is 0 Å². The molecule has 3 N–H and O–H groups in total. The number of rotatable bonds is 3. The minimum Gasteiger partial charge on any atom is -0.456 e. The highest BCUT2D eigenvalue weighted by atomic mass is 19.1. The van der Waals surface area contributed by atoms with E-state index in [0.717, 1.165) is 6.07 Å². The molecule has 0 radical (unpaired) electrons. The third-order valence-corrected chi connectivity index (χ3v) is 2.90. The molecular formula is C14H11FN2O4. The monoisotopic (exact) mass is 290 g/mol. The lowest BCUT2D eigenvalue weighted by atomic mass is 10.2. The van der Waals surface area contributed by atoms with E-state index in [1.54, 1.807) is 18.2 Å². The van der Waals surface area contributed by atoms with Crippen molar-refractivity contribution in [1.82, 2.24) is 0 Å². The number of benzene rings is 2. The van der Waals surface area contributed by atoms with Gasteiger partial charge in [-0.3, -0.25) is 0 Å². The van der Waals surface area contributed by atoms with E-state index in [1.807, 2.05) is 0 Å². The molecule has 0 aromatic heterocycles. The molecule has 0 unspecified atom stereocenters. The molecular weight excluding hydrogens is 279 g/mol. The maximum absolute atomic E-state index is 13.3. The summed E-state index contributed by atoms with van der Waals surface area (Å²) in [4.78, 5) is 0. The Balaban J connectivity index is 1.94. The van der Waals surface area contributed by atoms with E-state index < -0.39 is 5.82 Å². The minimum atomic E-state index is -0.519. The quantitative estimate of drug-likeness (QED) is 0.392. The van der Waals surface area contributed by atoms with Gasteiger partial charge < -0.3 is 25.2 Å². The molecule has 7 heteroatoms. The number of nitrogens with zero attached hydrogens (tertiary/aromatic N) is 1. The molecule has 0 saturated heterocycles. The molecule has 6 nitrogen and oxygen atoms in total. The summed E-state index contributed by atoms with van der Waals surface area (Å²) in [7, 11) is 0. The third kappa shape index (κ3) is 2.53. The second kappa shape index (κ2) is 5.20. The summed E-state index contributed by atoms with van der Waals surface area (Å²) in [6.45, 7) is 0.157. The Morgan fingerprint density at radius 2 is 2.00 bits per heavy atom. The van der Waals surface area contributed by atoms with E-state index in [-0.39, 0.29) is 23.9 Å². The van der Waals surface area contributed by atoms with E-state index >= 15 is 0 Å². The molecule has 0 saturated carbocycles. The summed E-state index contributed by atoms with van der Waals surface area (Å²) in [5.74, 6) is 1.13. The summed E-state index contributed by atoms with van der Waals surface area (Å²) < 4.78 is 29.4. The lowest BCUT2D eigenvalue weighted by Gasteiger charge is -2.10. The van der Waals surface area contributed by atoms with Crippen LogP contribution in [-0.2, 0) is 0 Å². The molecule has 2 aromatic carbocycles. The number of halogens is 1. The van der Waals surface area contributed by atoms with Crippen LogP contribution in [-0.4, -0.2) is 17.8 Å². The van der Waals surface area contributed by atoms with E-state index in [1.165, 1.54) is 12.1 Å². The van der Waals surface area contributed by atoms with Crippen molar-refractivity contribution in [2.45, 2.75) is 0 Å². The molecule has 21 heavy (non-hydrogen) atoms. The first-order chi connectivity index (χ1) is 10.2. The van der Waals surface area contributed by atoms with Gasteiger partial charge in [0.25, 0.3) is 0 Å². The van der Waals surface area contributed by atoms with Gasteiger partial charge in [0.15, 0.2) is 17.3 Å². The van der Waals surface area contributed by atoms with Gasteiger partial charge in [0.1, 0.15) is 17.3 Å². The van der Waals surface area contributed by atoms with Crippen molar-refractivity contribution >= 4 is 5.84 Å². The molecule has 0 spiro atoms. The van der Waals surface area contributed by atoms with Crippen molar-refractivity contribution in [1.29, 1.82) is 0 Å². The molecule has 0 bridgehead atoms. The Hall–Kier alpha value is -2.96. The van der Waals surface area contributed by atoms with Crippen molar-refractivity contribution in [3.05, 3.63) is 47.8 Å². The van der Waals surface area contributed by atoms with Gasteiger partial charge in [-0.2, -0.15) is 0 Å². The molecule has 1 aliphatic heterocycles. The average Bonchev–Trinajstić information content (AvgIpc) is 2.96. The zero-order valence-corrected chi connectivity index (χ0v) is 10.7. The van der Waals surface area contributed by atoms with Crippen molar-refractivity contribution in [3.8, 4) is 23.0 Å². The van der Waals surface area contributed by atoms with Gasteiger partial charge in [-0.25, -0.2) is 4.39 Å². The number of hydrogen-bond acceptors (Lipinski definition) is 5. The van der Waals surface area contributed by atoms with Gasteiger partial charge in [0, 0.05) is 6.07 Å². The van der Waals surface area contributed by atoms with Crippen LogP contribution in [0.25, 0.3) is 0 Å². The van der Waals surface area contributed by atoms with E-state index in [9.17, 15) is 4.39 Å². The topological polar surface area (TPSA) is 86.3 Å². The van der Waals surface area contributed by atoms with Gasteiger partial charge in [-0.05, 0) is 30.3 Å². The summed E-state index contributed by atoms with van der Waals surface area (Å²) in [5.41, 5.74) is 5.66. The highest BCUT2D eigenvalue weighted by Crippen LogP contribution is 2.37. The molecule has 3 rings (SSSR count). The zero-order chi connectivity index (χ0) is 14.8. The normalized spacial score (nSPS) is 13.3. The van der Waals surface area contributed by atoms with Crippen molar-refractivity contribution < 1.29 is 23.8 Å². The van der Waals surface area contributed by atoms with Crippen LogP contribution in [0, 0.1) is 5.82 Å². The van der Waals surface area contributed by atoms with Crippen LogP contribution in [0.1, 0.15) is 5.56 Å². The largest absolute Gasteiger partial charge is 0.456 e. The zero-order valence-electron chi connectivity index (χ0n) is 10.7. The SMILES string of the molecule is NC(=NO)c1cc(F)ccc1Oc1ccc2c(c1)OCO2. The number of amidine groups is 1. The Kier molecular flexibility index (Phi) is 3.23. The molecule has 108 valence electrons. The first kappa shape index (κ1) is 13.0. The minimum absolute atomic E-state index is 0.148. The lowest BCUT2D eigenvalue weighted by Crippen LogP contribution is -2.14. The van der Waals surface area contributed by atoms with Crippen LogP contribution in [0.4, 0.5) is 4.39 Å². The highest BCUT2D eigenvalue weighted by Gasteiger charge is 2.16. The van der Waals surface area contributed by atoms with Gasteiger partial charge in [-0.1, -0.05) is 5.16 Å². The van der Waals surface area contributed by atoms with Crippen LogP contribution in [0.5, 0.6) is 23.0 Å². The summed E-state index contributed by atoms with van der Waals surface area (Å²) in [6.07, 6.45) is 0. The van der Waals surface area contributed by atoms with E-state index in [4.69, 9.17) is 25.2 Å². The van der Waals surface area contributed by atoms with Gasteiger partial charge >= 0.3 is 0 Å². The van der Waals surface area contributed by atoms with E-state index in [0.29, 0.717) is 17.2 Å². The summed E-state index contributed by atoms with van der Waals surface area (Å²) in [6, 6.07) is 8.75. The predicted molar refractivity (Wildman–Crippen MR) is 71.5 cm³/mol. The van der Waals surface area contributed by atoms with Crippen LogP contribution in [0.15, 0.2) is 41.6 Å². The van der Waals surface area contributed by atoms with Crippen molar-refractivity contribution in [2.24, 2.45) is 10.9 Å². The molecule has 0 aliphatic carbocycles. The fraction of sp³-hybridized carbons (Fsp3) is 0.0714. The second-order valence-corrected chi connectivity index (χ2v) is 4.24. The van der Waals surface area contributed by atoms with Crippen molar-refractivity contribution in [3.63, 3.8) is 0 Å². The molecule has 0 amide bonds. The summed E-state index contributed by atoms with van der Waals surface area (Å²) >= 11 is 0. The Morgan fingerprint density at radius 1 is 1.19 bits per heavy atom. The fourth-order valence-corrected chi connectivity index (χ4v) is 1.91. The second-order valence-electron chi connectivity index (χ2n) is 4.24. The number of nitrogens with two attached hydrogens (primary N) is 1. The van der Waals surface area contributed by atoms with Crippen LogP contribution < -0.4 is 19.9 Å². The highest BCUT2D eigenvalue weighted by molar-refractivity contribution is 5.99. The first-order valence-electron chi connectivity index (χ1n) is 6.02. The smallest absolute Gasteiger partial charge is 0.231 e. The standard InChI is InChI=1S/C14H11FN2O4/c15-8-1-3-11(10(5-8)14(16)17-18)21-9-2-4-12-13(6-9)20-7-19-12/h1-6,18H,7H2,(H2,16,17). The Morgan fingerprint density at radius 3 is 2.81 bits per heavy atom. The first-order valence-corrected chi connectivity index (χ1v) is 6.02. The van der Waals surface area contributed by atoms with Gasteiger partial charge in [0.2, 0.25) is 6.79 Å². The van der Waals surface area contributed by atoms with E-state index in [2.05, 4.69) is 5.16 Å². The predicted octanol–water partition coefficient (Wildman–Crippen LogP) is 2.44. The number of oxime groups is 1. The molecule has 0 fully saturated rings. The summed E-state index contributed by atoms with van der Waals surface area (Å²) in [5, 5.41) is 11.6. The average molecular weight is 290 g/mol. The Labute approximate surface area is 119 Å². The number of ether oxygens (including phenoxy) is 3. The Bertz CT molecular complexity index is 718. The molecule has 0 atom stereocenters. The van der Waals surface area contributed by atoms with Gasteiger partial charge in [-0.15, -0.1) is 0 Å². The van der Waals surface area contributed by atoms with Crippen molar-refractivity contribution in [2.75, 3.05) is 6.79 Å². The number of hydrogen-bond donors (Lipinski definition) is 2. The third-order valence-electron chi connectivity index (χ3n) is 2.90. The lowest BCUT2D eigenvalue weighted by molar-refractivity contribution is 0.174. The van der Waals surface area contributed by atoms with Crippen LogP contribution in [0.2, 0.25) is 0 Å². The number of fused-ring (bicyclic) bond motifs is 1. The molecule has 1 heterocycles. The molecule has 1 aliphatic rings.